The summed E-state index contributed by atoms with van der Waals surface area (Å²) in [5.74, 6) is 0.727. The Morgan fingerprint density at radius 1 is 1.04 bits per heavy atom. The van der Waals surface area contributed by atoms with Crippen LogP contribution in [0.1, 0.15) is 28.9 Å². The van der Waals surface area contributed by atoms with Crippen molar-refractivity contribution in [3.8, 4) is 5.75 Å². The number of hydrogen-bond acceptors (Lipinski definition) is 4. The second-order valence-electron chi connectivity index (χ2n) is 6.74. The normalized spacial score (nSPS) is 16.2. The van der Waals surface area contributed by atoms with E-state index in [-0.39, 0.29) is 11.9 Å². The first-order chi connectivity index (χ1) is 12.6. The van der Waals surface area contributed by atoms with E-state index >= 15 is 0 Å². The number of carbonyl (C=O) groups is 1. The van der Waals surface area contributed by atoms with E-state index in [2.05, 4.69) is 22.2 Å². The lowest BCUT2D eigenvalue weighted by atomic mass is 10.1. The van der Waals surface area contributed by atoms with Gasteiger partial charge >= 0.3 is 0 Å². The number of anilines is 1. The summed E-state index contributed by atoms with van der Waals surface area (Å²) in [4.78, 5) is 17.6. The molecule has 2 aromatic rings. The Hall–Kier alpha value is -2.53. The van der Waals surface area contributed by atoms with Crippen molar-refractivity contribution < 1.29 is 9.53 Å². The summed E-state index contributed by atoms with van der Waals surface area (Å²) in [5, 5.41) is 3.12. The number of carbonyl (C=O) groups excluding carboxylic acids is 1. The lowest BCUT2D eigenvalue weighted by molar-refractivity contribution is 0.0940. The minimum Gasteiger partial charge on any atom is -0.496 e. The average Bonchev–Trinajstić information content (AvgIpc) is 2.68. The number of para-hydroxylation sites is 2. The molecule has 1 aliphatic rings. The Morgan fingerprint density at radius 3 is 2.42 bits per heavy atom. The number of benzene rings is 2. The molecule has 0 spiro atoms. The fourth-order valence-electron chi connectivity index (χ4n) is 3.37. The van der Waals surface area contributed by atoms with Gasteiger partial charge in [0.25, 0.3) is 5.91 Å². The van der Waals surface area contributed by atoms with Crippen LogP contribution < -0.4 is 15.0 Å². The first-order valence-corrected chi connectivity index (χ1v) is 9.06. The number of nitrogens with one attached hydrogen (secondary N) is 1. The number of rotatable bonds is 5. The maximum absolute atomic E-state index is 13.0. The summed E-state index contributed by atoms with van der Waals surface area (Å²) in [6, 6.07) is 15.5. The van der Waals surface area contributed by atoms with Crippen LogP contribution >= 0.6 is 0 Å². The molecule has 0 aromatic heterocycles. The molecule has 1 fully saturated rings. The van der Waals surface area contributed by atoms with E-state index in [1.54, 1.807) is 7.11 Å². The molecule has 3 rings (SSSR count). The summed E-state index contributed by atoms with van der Waals surface area (Å²) in [5.41, 5.74) is 2.70. The van der Waals surface area contributed by atoms with Crippen molar-refractivity contribution in [2.75, 3.05) is 45.2 Å². The second kappa shape index (κ2) is 8.23. The highest BCUT2D eigenvalue weighted by atomic mass is 16.5. The Morgan fingerprint density at radius 2 is 1.69 bits per heavy atom. The number of amides is 1. The van der Waals surface area contributed by atoms with Gasteiger partial charge in [0.15, 0.2) is 0 Å². The largest absolute Gasteiger partial charge is 0.496 e. The predicted molar refractivity (Wildman–Crippen MR) is 105 cm³/mol. The van der Waals surface area contributed by atoms with Crippen LogP contribution in [0.15, 0.2) is 48.5 Å². The highest BCUT2D eigenvalue weighted by molar-refractivity contribution is 6.00. The van der Waals surface area contributed by atoms with Crippen molar-refractivity contribution in [1.29, 1.82) is 0 Å². The van der Waals surface area contributed by atoms with Crippen LogP contribution in [-0.4, -0.2) is 51.1 Å². The molecule has 0 aliphatic carbocycles. The molecule has 0 saturated carbocycles. The van der Waals surface area contributed by atoms with Crippen molar-refractivity contribution in [1.82, 2.24) is 10.2 Å². The number of methoxy groups -OCH3 is 1. The molecule has 2 aromatic carbocycles. The lowest BCUT2D eigenvalue weighted by Gasteiger charge is -2.35. The molecule has 1 amide bonds. The Bertz CT molecular complexity index is 754. The Labute approximate surface area is 155 Å². The minimum atomic E-state index is -0.140. The van der Waals surface area contributed by atoms with Crippen LogP contribution in [0.4, 0.5) is 5.69 Å². The number of nitrogens with zero attached hydrogens (tertiary/aromatic N) is 2. The van der Waals surface area contributed by atoms with Crippen molar-refractivity contribution in [2.45, 2.75) is 13.0 Å². The lowest BCUT2D eigenvalue weighted by Crippen LogP contribution is -2.45. The zero-order valence-corrected chi connectivity index (χ0v) is 15.7. The Kier molecular flexibility index (Phi) is 5.78. The number of hydrogen-bond donors (Lipinski definition) is 1. The summed E-state index contributed by atoms with van der Waals surface area (Å²) < 4.78 is 5.42. The smallest absolute Gasteiger partial charge is 0.253 e. The quantitative estimate of drug-likeness (QED) is 0.898. The van der Waals surface area contributed by atoms with E-state index in [1.807, 2.05) is 55.5 Å². The maximum atomic E-state index is 13.0. The molecule has 1 N–H and O–H groups in total. The number of ether oxygens (including phenoxy) is 1. The van der Waals surface area contributed by atoms with Gasteiger partial charge in [-0.2, -0.15) is 0 Å². The summed E-state index contributed by atoms with van der Waals surface area (Å²) >= 11 is 0. The summed E-state index contributed by atoms with van der Waals surface area (Å²) in [7, 11) is 3.78. The SMILES string of the molecule is COc1ccccc1C(C)NC(=O)c1ccccc1N1CCN(C)CC1. The molecule has 1 heterocycles. The fraction of sp³-hybridized carbons (Fsp3) is 0.381. The Balaban J connectivity index is 1.78. The molecule has 5 nitrogen and oxygen atoms in total. The zero-order chi connectivity index (χ0) is 18.5. The van der Waals surface area contributed by atoms with Crippen LogP contribution in [0.5, 0.6) is 5.75 Å². The van der Waals surface area contributed by atoms with Crippen molar-refractivity contribution in [3.05, 3.63) is 59.7 Å². The van der Waals surface area contributed by atoms with E-state index in [9.17, 15) is 4.79 Å². The molecular formula is C21H27N3O2. The van der Waals surface area contributed by atoms with Gasteiger partial charge in [0.1, 0.15) is 5.75 Å². The summed E-state index contributed by atoms with van der Waals surface area (Å²) in [6.45, 7) is 5.86. The zero-order valence-electron chi connectivity index (χ0n) is 15.7. The van der Waals surface area contributed by atoms with Gasteiger partial charge in [0.2, 0.25) is 0 Å². The van der Waals surface area contributed by atoms with E-state index < -0.39 is 0 Å². The second-order valence-corrected chi connectivity index (χ2v) is 6.74. The number of likely N-dealkylation sites (N-methyl/N-ethyl adjacent to an activating group) is 1. The van der Waals surface area contributed by atoms with Crippen LogP contribution in [0.3, 0.4) is 0 Å². The maximum Gasteiger partial charge on any atom is 0.253 e. The average molecular weight is 353 g/mol. The first kappa shape index (κ1) is 18.3. The van der Waals surface area contributed by atoms with E-state index in [1.165, 1.54) is 0 Å². The monoisotopic (exact) mass is 353 g/mol. The number of piperazine rings is 1. The van der Waals surface area contributed by atoms with E-state index in [0.29, 0.717) is 0 Å². The fourth-order valence-corrected chi connectivity index (χ4v) is 3.37. The molecule has 5 heteroatoms. The molecule has 138 valence electrons. The van der Waals surface area contributed by atoms with Crippen LogP contribution in [0.25, 0.3) is 0 Å². The topological polar surface area (TPSA) is 44.8 Å². The summed E-state index contributed by atoms with van der Waals surface area (Å²) in [6.07, 6.45) is 0. The molecule has 0 bridgehead atoms. The van der Waals surface area contributed by atoms with Gasteiger partial charge in [-0.3, -0.25) is 4.79 Å². The molecular weight excluding hydrogens is 326 g/mol. The van der Waals surface area contributed by atoms with Gasteiger partial charge in [0.05, 0.1) is 18.7 Å². The third-order valence-electron chi connectivity index (χ3n) is 4.95. The standard InChI is InChI=1S/C21H27N3O2/c1-16(17-8-5-7-11-20(17)26-3)22-21(25)18-9-4-6-10-19(18)24-14-12-23(2)13-15-24/h4-11,16H,12-15H2,1-3H3,(H,22,25). The van der Waals surface area contributed by atoms with Crippen molar-refractivity contribution in [3.63, 3.8) is 0 Å². The molecule has 1 unspecified atom stereocenters. The third kappa shape index (κ3) is 3.99. The van der Waals surface area contributed by atoms with Crippen LogP contribution in [0, 0.1) is 0 Å². The molecule has 1 atom stereocenters. The van der Waals surface area contributed by atoms with Gasteiger partial charge in [-0.1, -0.05) is 30.3 Å². The van der Waals surface area contributed by atoms with Gasteiger partial charge in [-0.25, -0.2) is 0 Å². The predicted octanol–water partition coefficient (Wildman–Crippen LogP) is 2.94. The van der Waals surface area contributed by atoms with E-state index in [0.717, 1.165) is 48.7 Å². The molecule has 1 saturated heterocycles. The van der Waals surface area contributed by atoms with Gasteiger partial charge in [-0.15, -0.1) is 0 Å². The first-order valence-electron chi connectivity index (χ1n) is 9.06. The van der Waals surface area contributed by atoms with Gasteiger partial charge in [-0.05, 0) is 32.2 Å². The van der Waals surface area contributed by atoms with E-state index in [4.69, 9.17) is 4.74 Å². The van der Waals surface area contributed by atoms with Crippen molar-refractivity contribution in [2.24, 2.45) is 0 Å². The van der Waals surface area contributed by atoms with Crippen molar-refractivity contribution >= 4 is 11.6 Å². The van der Waals surface area contributed by atoms with Crippen LogP contribution in [-0.2, 0) is 0 Å². The third-order valence-corrected chi connectivity index (χ3v) is 4.95. The van der Waals surface area contributed by atoms with Gasteiger partial charge < -0.3 is 19.9 Å². The van der Waals surface area contributed by atoms with Crippen LogP contribution in [0.2, 0.25) is 0 Å². The molecule has 0 radical (unpaired) electrons. The molecule has 1 aliphatic heterocycles. The highest BCUT2D eigenvalue weighted by Crippen LogP contribution is 2.26. The minimum absolute atomic E-state index is 0.0575. The highest BCUT2D eigenvalue weighted by Gasteiger charge is 2.21. The molecule has 26 heavy (non-hydrogen) atoms. The van der Waals surface area contributed by atoms with Gasteiger partial charge in [0, 0.05) is 37.4 Å².